The van der Waals surface area contributed by atoms with Gasteiger partial charge in [-0.3, -0.25) is 0 Å². The van der Waals surface area contributed by atoms with Crippen LogP contribution >= 0.6 is 15.9 Å². The molecule has 0 unspecified atom stereocenters. The van der Waals surface area contributed by atoms with Crippen molar-refractivity contribution < 1.29 is 14.3 Å². The van der Waals surface area contributed by atoms with E-state index in [-0.39, 0.29) is 5.56 Å². The van der Waals surface area contributed by atoms with Gasteiger partial charge in [-0.25, -0.2) is 9.78 Å². The second-order valence-electron chi connectivity index (χ2n) is 3.96. The molecule has 0 aliphatic heterocycles. The fourth-order valence-electron chi connectivity index (χ4n) is 1.85. The van der Waals surface area contributed by atoms with Crippen molar-refractivity contribution in [3.63, 3.8) is 0 Å². The number of fused-ring (bicyclic) bond motifs is 1. The van der Waals surface area contributed by atoms with Gasteiger partial charge in [0.15, 0.2) is 5.58 Å². The Morgan fingerprint density at radius 3 is 2.58 bits per heavy atom. The second kappa shape index (κ2) is 4.51. The third kappa shape index (κ3) is 2.02. The summed E-state index contributed by atoms with van der Waals surface area (Å²) < 4.78 is 6.34. The summed E-state index contributed by atoms with van der Waals surface area (Å²) in [6.07, 6.45) is 0. The van der Waals surface area contributed by atoms with Gasteiger partial charge < -0.3 is 9.52 Å². The van der Waals surface area contributed by atoms with E-state index in [1.807, 2.05) is 30.3 Å². The summed E-state index contributed by atoms with van der Waals surface area (Å²) in [4.78, 5) is 15.5. The highest BCUT2D eigenvalue weighted by Crippen LogP contribution is 2.31. The van der Waals surface area contributed by atoms with E-state index in [1.165, 1.54) is 6.07 Å². The Balaban J connectivity index is 2.29. The molecule has 1 heterocycles. The molecule has 19 heavy (non-hydrogen) atoms. The molecule has 94 valence electrons. The van der Waals surface area contributed by atoms with Gasteiger partial charge >= 0.3 is 5.97 Å². The molecule has 0 bridgehead atoms. The summed E-state index contributed by atoms with van der Waals surface area (Å²) >= 11 is 3.34. The van der Waals surface area contributed by atoms with Crippen LogP contribution in [0.2, 0.25) is 0 Å². The normalized spacial score (nSPS) is 10.8. The molecule has 0 aliphatic rings. The molecule has 1 N–H and O–H groups in total. The maximum absolute atomic E-state index is 11.2. The lowest BCUT2D eigenvalue weighted by atomic mass is 10.2. The first-order valence-corrected chi connectivity index (χ1v) is 6.34. The van der Waals surface area contributed by atoms with Gasteiger partial charge in [0.2, 0.25) is 5.89 Å². The minimum atomic E-state index is -1.02. The van der Waals surface area contributed by atoms with E-state index in [2.05, 4.69) is 20.9 Å². The van der Waals surface area contributed by atoms with Crippen molar-refractivity contribution in [2.45, 2.75) is 0 Å². The molecule has 0 radical (unpaired) electrons. The van der Waals surface area contributed by atoms with Crippen molar-refractivity contribution in [3.8, 4) is 11.5 Å². The highest BCUT2D eigenvalue weighted by Gasteiger charge is 2.17. The van der Waals surface area contributed by atoms with Gasteiger partial charge in [-0.05, 0) is 40.2 Å². The van der Waals surface area contributed by atoms with Crippen LogP contribution in [0.25, 0.3) is 22.6 Å². The molecule has 0 fully saturated rings. The SMILES string of the molecule is O=C(O)c1ccc(Br)c2oc(-c3ccccc3)nc12. The highest BCUT2D eigenvalue weighted by atomic mass is 79.9. The van der Waals surface area contributed by atoms with E-state index >= 15 is 0 Å². The first kappa shape index (κ1) is 11.9. The molecule has 0 spiro atoms. The predicted molar refractivity (Wildman–Crippen MR) is 74.1 cm³/mol. The number of hydrogen-bond acceptors (Lipinski definition) is 3. The Labute approximate surface area is 116 Å². The monoisotopic (exact) mass is 317 g/mol. The van der Waals surface area contributed by atoms with Gasteiger partial charge in [0, 0.05) is 5.56 Å². The molecular formula is C14H8BrNO3. The lowest BCUT2D eigenvalue weighted by molar-refractivity contribution is 0.0699. The summed E-state index contributed by atoms with van der Waals surface area (Å²) in [6, 6.07) is 12.5. The molecule has 3 aromatic rings. The van der Waals surface area contributed by atoms with Gasteiger partial charge in [0.1, 0.15) is 5.52 Å². The number of rotatable bonds is 2. The van der Waals surface area contributed by atoms with Crippen molar-refractivity contribution in [3.05, 3.63) is 52.5 Å². The van der Waals surface area contributed by atoms with Crippen LogP contribution in [0.4, 0.5) is 0 Å². The van der Waals surface area contributed by atoms with Crippen LogP contribution in [0, 0.1) is 0 Å². The first-order valence-electron chi connectivity index (χ1n) is 5.54. The lowest BCUT2D eigenvalue weighted by Gasteiger charge is -1.95. The minimum Gasteiger partial charge on any atom is -0.478 e. The van der Waals surface area contributed by atoms with E-state index < -0.39 is 5.97 Å². The van der Waals surface area contributed by atoms with Crippen LogP contribution in [-0.2, 0) is 0 Å². The first-order chi connectivity index (χ1) is 9.16. The molecule has 2 aromatic carbocycles. The van der Waals surface area contributed by atoms with E-state index in [0.717, 1.165) is 5.56 Å². The summed E-state index contributed by atoms with van der Waals surface area (Å²) in [6.45, 7) is 0. The largest absolute Gasteiger partial charge is 0.478 e. The Morgan fingerprint density at radius 1 is 1.16 bits per heavy atom. The number of carbonyl (C=O) groups is 1. The van der Waals surface area contributed by atoms with Gasteiger partial charge in [0.25, 0.3) is 0 Å². The van der Waals surface area contributed by atoms with Crippen molar-refractivity contribution in [1.82, 2.24) is 4.98 Å². The Kier molecular flexibility index (Phi) is 2.83. The van der Waals surface area contributed by atoms with Crippen molar-refractivity contribution >= 4 is 33.0 Å². The highest BCUT2D eigenvalue weighted by molar-refractivity contribution is 9.10. The Morgan fingerprint density at radius 2 is 1.89 bits per heavy atom. The maximum atomic E-state index is 11.2. The van der Waals surface area contributed by atoms with Crippen LogP contribution in [0.15, 0.2) is 51.4 Å². The van der Waals surface area contributed by atoms with Crippen molar-refractivity contribution in [2.24, 2.45) is 0 Å². The summed E-state index contributed by atoms with van der Waals surface area (Å²) in [5.74, 6) is -0.615. The van der Waals surface area contributed by atoms with E-state index in [9.17, 15) is 4.79 Å². The van der Waals surface area contributed by atoms with Gasteiger partial charge in [-0.15, -0.1) is 0 Å². The summed E-state index contributed by atoms with van der Waals surface area (Å²) in [7, 11) is 0. The number of nitrogens with zero attached hydrogens (tertiary/aromatic N) is 1. The maximum Gasteiger partial charge on any atom is 0.338 e. The van der Waals surface area contributed by atoms with Crippen LogP contribution in [-0.4, -0.2) is 16.1 Å². The zero-order chi connectivity index (χ0) is 13.4. The van der Waals surface area contributed by atoms with Gasteiger partial charge in [-0.1, -0.05) is 18.2 Å². The van der Waals surface area contributed by atoms with Gasteiger partial charge in [0.05, 0.1) is 10.0 Å². The molecule has 0 aliphatic carbocycles. The van der Waals surface area contributed by atoms with E-state index in [1.54, 1.807) is 6.07 Å². The third-order valence-corrected chi connectivity index (χ3v) is 3.37. The third-order valence-electron chi connectivity index (χ3n) is 2.75. The second-order valence-corrected chi connectivity index (χ2v) is 4.82. The fourth-order valence-corrected chi connectivity index (χ4v) is 2.25. The van der Waals surface area contributed by atoms with E-state index in [0.29, 0.717) is 21.5 Å². The number of carboxylic acids is 1. The van der Waals surface area contributed by atoms with Crippen LogP contribution in [0.5, 0.6) is 0 Å². The molecule has 5 heteroatoms. The van der Waals surface area contributed by atoms with Crippen LogP contribution in [0.3, 0.4) is 0 Å². The molecule has 4 nitrogen and oxygen atoms in total. The topological polar surface area (TPSA) is 63.3 Å². The number of aromatic carboxylic acids is 1. The molecular weight excluding hydrogens is 310 g/mol. The summed E-state index contributed by atoms with van der Waals surface area (Å²) in [5.41, 5.74) is 1.73. The zero-order valence-corrected chi connectivity index (χ0v) is 11.2. The number of oxazole rings is 1. The fraction of sp³-hybridized carbons (Fsp3) is 0. The lowest BCUT2D eigenvalue weighted by Crippen LogP contribution is -1.97. The van der Waals surface area contributed by atoms with Crippen LogP contribution < -0.4 is 0 Å². The summed E-state index contributed by atoms with van der Waals surface area (Å²) in [5, 5.41) is 9.16. The zero-order valence-electron chi connectivity index (χ0n) is 9.63. The Bertz CT molecular complexity index is 765. The smallest absolute Gasteiger partial charge is 0.338 e. The average Bonchev–Trinajstić information content (AvgIpc) is 2.85. The van der Waals surface area contributed by atoms with Crippen molar-refractivity contribution in [1.29, 1.82) is 0 Å². The number of hydrogen-bond donors (Lipinski definition) is 1. The minimum absolute atomic E-state index is 0.129. The van der Waals surface area contributed by atoms with Crippen molar-refractivity contribution in [2.75, 3.05) is 0 Å². The average molecular weight is 318 g/mol. The number of carboxylic acid groups (broad SMARTS) is 1. The standard InChI is InChI=1S/C14H8BrNO3/c15-10-7-6-9(14(17)18)11-12(10)19-13(16-11)8-4-2-1-3-5-8/h1-7H,(H,17,18). The predicted octanol–water partition coefficient (Wildman–Crippen LogP) is 3.96. The molecule has 1 aromatic heterocycles. The molecule has 0 saturated carbocycles. The van der Waals surface area contributed by atoms with Gasteiger partial charge in [-0.2, -0.15) is 0 Å². The van der Waals surface area contributed by atoms with Crippen LogP contribution in [0.1, 0.15) is 10.4 Å². The molecule has 0 amide bonds. The quantitative estimate of drug-likeness (QED) is 0.777. The number of aromatic nitrogens is 1. The number of halogens is 1. The van der Waals surface area contributed by atoms with E-state index in [4.69, 9.17) is 9.52 Å². The Hall–Kier alpha value is -2.14. The molecule has 3 rings (SSSR count). The molecule has 0 atom stereocenters. The molecule has 0 saturated heterocycles. The number of benzene rings is 2.